The molecule has 0 fully saturated rings. The maximum Gasteiger partial charge on any atom is 0.338 e. The lowest BCUT2D eigenvalue weighted by Gasteiger charge is -2.14. The standard InChI is InChI=1S/C12H16BrNO3/c1-8(7-17-2)6-14-10-5-3-4-9(13)11(10)12(15)16/h3-5,8,14H,6-7H2,1-2H3,(H,15,16). The molecule has 0 bridgehead atoms. The predicted molar refractivity (Wildman–Crippen MR) is 70.6 cm³/mol. The summed E-state index contributed by atoms with van der Waals surface area (Å²) in [5, 5.41) is 12.2. The number of aromatic carboxylic acids is 1. The highest BCUT2D eigenvalue weighted by atomic mass is 79.9. The van der Waals surface area contributed by atoms with E-state index >= 15 is 0 Å². The van der Waals surface area contributed by atoms with Crippen LogP contribution in [0, 0.1) is 5.92 Å². The van der Waals surface area contributed by atoms with Gasteiger partial charge in [0, 0.05) is 23.8 Å². The van der Waals surface area contributed by atoms with Crippen molar-refractivity contribution >= 4 is 27.6 Å². The van der Waals surface area contributed by atoms with Gasteiger partial charge in [-0.1, -0.05) is 13.0 Å². The highest BCUT2D eigenvalue weighted by Gasteiger charge is 2.14. The molecule has 0 heterocycles. The van der Waals surface area contributed by atoms with Gasteiger partial charge in [-0.05, 0) is 34.0 Å². The van der Waals surface area contributed by atoms with Gasteiger partial charge in [-0.3, -0.25) is 0 Å². The number of carboxylic acid groups (broad SMARTS) is 1. The van der Waals surface area contributed by atoms with Gasteiger partial charge in [0.05, 0.1) is 12.2 Å². The van der Waals surface area contributed by atoms with E-state index in [0.29, 0.717) is 29.2 Å². The highest BCUT2D eigenvalue weighted by Crippen LogP contribution is 2.24. The van der Waals surface area contributed by atoms with Gasteiger partial charge in [0.15, 0.2) is 0 Å². The fourth-order valence-electron chi connectivity index (χ4n) is 1.52. The normalized spacial score (nSPS) is 12.2. The third-order valence-corrected chi connectivity index (χ3v) is 2.98. The van der Waals surface area contributed by atoms with Crippen molar-refractivity contribution in [1.29, 1.82) is 0 Å². The molecule has 0 amide bonds. The Morgan fingerprint density at radius 2 is 2.29 bits per heavy atom. The Balaban J connectivity index is 2.77. The van der Waals surface area contributed by atoms with Crippen LogP contribution in [0.25, 0.3) is 0 Å². The van der Waals surface area contributed by atoms with Gasteiger partial charge in [0.1, 0.15) is 0 Å². The molecule has 0 aliphatic rings. The number of halogens is 1. The number of nitrogens with one attached hydrogen (secondary N) is 1. The number of methoxy groups -OCH3 is 1. The van der Waals surface area contributed by atoms with E-state index < -0.39 is 5.97 Å². The van der Waals surface area contributed by atoms with Crippen LogP contribution in [0.15, 0.2) is 22.7 Å². The third-order valence-electron chi connectivity index (χ3n) is 2.32. The van der Waals surface area contributed by atoms with E-state index in [1.54, 1.807) is 25.3 Å². The van der Waals surface area contributed by atoms with Crippen molar-refractivity contribution in [2.24, 2.45) is 5.92 Å². The average Bonchev–Trinajstić information content (AvgIpc) is 2.26. The molecule has 1 rings (SSSR count). The van der Waals surface area contributed by atoms with Crippen molar-refractivity contribution in [2.75, 3.05) is 25.6 Å². The van der Waals surface area contributed by atoms with E-state index in [9.17, 15) is 4.79 Å². The predicted octanol–water partition coefficient (Wildman–Crippen LogP) is 2.84. The number of ether oxygens (including phenoxy) is 1. The summed E-state index contributed by atoms with van der Waals surface area (Å²) in [6, 6.07) is 5.28. The lowest BCUT2D eigenvalue weighted by Crippen LogP contribution is -2.17. The number of hydrogen-bond acceptors (Lipinski definition) is 3. The number of carbonyl (C=O) groups is 1. The Morgan fingerprint density at radius 3 is 2.88 bits per heavy atom. The second-order valence-corrected chi connectivity index (χ2v) is 4.76. The zero-order valence-electron chi connectivity index (χ0n) is 9.87. The number of anilines is 1. The van der Waals surface area contributed by atoms with E-state index in [0.717, 1.165) is 0 Å². The Bertz CT molecular complexity index is 395. The van der Waals surface area contributed by atoms with Gasteiger partial charge in [-0.25, -0.2) is 4.79 Å². The Kier molecular flexibility index (Phi) is 5.44. The molecule has 1 unspecified atom stereocenters. The van der Waals surface area contributed by atoms with E-state index in [2.05, 4.69) is 21.2 Å². The summed E-state index contributed by atoms with van der Waals surface area (Å²) >= 11 is 3.24. The quantitative estimate of drug-likeness (QED) is 0.848. The Morgan fingerprint density at radius 1 is 1.59 bits per heavy atom. The van der Waals surface area contributed by atoms with Crippen molar-refractivity contribution in [1.82, 2.24) is 0 Å². The molecule has 0 aliphatic heterocycles. The van der Waals surface area contributed by atoms with Gasteiger partial charge < -0.3 is 15.2 Å². The summed E-state index contributed by atoms with van der Waals surface area (Å²) in [6.07, 6.45) is 0. The molecule has 94 valence electrons. The van der Waals surface area contributed by atoms with E-state index in [-0.39, 0.29) is 5.56 Å². The topological polar surface area (TPSA) is 58.6 Å². The van der Waals surface area contributed by atoms with Crippen LogP contribution in [0.2, 0.25) is 0 Å². The number of rotatable bonds is 6. The molecule has 2 N–H and O–H groups in total. The Hall–Kier alpha value is -1.07. The summed E-state index contributed by atoms with van der Waals surface area (Å²) < 4.78 is 5.61. The van der Waals surface area contributed by atoms with Crippen molar-refractivity contribution < 1.29 is 14.6 Å². The largest absolute Gasteiger partial charge is 0.478 e. The van der Waals surface area contributed by atoms with E-state index in [1.807, 2.05) is 6.92 Å². The minimum atomic E-state index is -0.945. The molecule has 1 aromatic carbocycles. The molecular weight excluding hydrogens is 286 g/mol. The van der Waals surface area contributed by atoms with Crippen LogP contribution >= 0.6 is 15.9 Å². The van der Waals surface area contributed by atoms with Crippen LogP contribution in [0.1, 0.15) is 17.3 Å². The van der Waals surface area contributed by atoms with Crippen molar-refractivity contribution in [2.45, 2.75) is 6.92 Å². The smallest absolute Gasteiger partial charge is 0.338 e. The zero-order chi connectivity index (χ0) is 12.8. The first-order valence-electron chi connectivity index (χ1n) is 5.31. The maximum absolute atomic E-state index is 11.1. The van der Waals surface area contributed by atoms with Gasteiger partial charge in [-0.15, -0.1) is 0 Å². The lowest BCUT2D eigenvalue weighted by molar-refractivity contribution is 0.0697. The minimum Gasteiger partial charge on any atom is -0.478 e. The molecule has 0 saturated carbocycles. The highest BCUT2D eigenvalue weighted by molar-refractivity contribution is 9.10. The van der Waals surface area contributed by atoms with Crippen molar-refractivity contribution in [3.05, 3.63) is 28.2 Å². The summed E-state index contributed by atoms with van der Waals surface area (Å²) in [5.41, 5.74) is 0.881. The SMILES string of the molecule is COCC(C)CNc1cccc(Br)c1C(=O)O. The first kappa shape index (κ1) is 14.0. The van der Waals surface area contributed by atoms with Gasteiger partial charge in [0.2, 0.25) is 0 Å². The van der Waals surface area contributed by atoms with Crippen LogP contribution < -0.4 is 5.32 Å². The first-order chi connectivity index (χ1) is 8.06. The molecular formula is C12H16BrNO3. The van der Waals surface area contributed by atoms with Crippen molar-refractivity contribution in [3.63, 3.8) is 0 Å². The van der Waals surface area contributed by atoms with Crippen LogP contribution in [0.4, 0.5) is 5.69 Å². The summed E-state index contributed by atoms with van der Waals surface area (Å²) in [5.74, 6) is -0.625. The second-order valence-electron chi connectivity index (χ2n) is 3.91. The summed E-state index contributed by atoms with van der Waals surface area (Å²) in [4.78, 5) is 11.1. The van der Waals surface area contributed by atoms with E-state index in [1.165, 1.54) is 0 Å². The Labute approximate surface area is 109 Å². The molecule has 5 heteroatoms. The van der Waals surface area contributed by atoms with Crippen LogP contribution in [-0.2, 0) is 4.74 Å². The molecule has 1 atom stereocenters. The first-order valence-corrected chi connectivity index (χ1v) is 6.10. The average molecular weight is 302 g/mol. The molecule has 0 saturated heterocycles. The molecule has 4 nitrogen and oxygen atoms in total. The third kappa shape index (κ3) is 4.02. The number of benzene rings is 1. The fraction of sp³-hybridized carbons (Fsp3) is 0.417. The van der Waals surface area contributed by atoms with Crippen molar-refractivity contribution in [3.8, 4) is 0 Å². The molecule has 17 heavy (non-hydrogen) atoms. The second kappa shape index (κ2) is 6.61. The number of hydrogen-bond donors (Lipinski definition) is 2. The minimum absolute atomic E-state index is 0.261. The number of carboxylic acids is 1. The van der Waals surface area contributed by atoms with Crippen LogP contribution in [0.3, 0.4) is 0 Å². The molecule has 1 aromatic rings. The summed E-state index contributed by atoms with van der Waals surface area (Å²) in [7, 11) is 1.65. The monoisotopic (exact) mass is 301 g/mol. The maximum atomic E-state index is 11.1. The van der Waals surface area contributed by atoms with Crippen LogP contribution in [0.5, 0.6) is 0 Å². The van der Waals surface area contributed by atoms with Crippen LogP contribution in [-0.4, -0.2) is 31.3 Å². The lowest BCUT2D eigenvalue weighted by atomic mass is 10.1. The van der Waals surface area contributed by atoms with Gasteiger partial charge in [-0.2, -0.15) is 0 Å². The molecule has 0 aliphatic carbocycles. The fourth-order valence-corrected chi connectivity index (χ4v) is 2.05. The zero-order valence-corrected chi connectivity index (χ0v) is 11.5. The molecule has 0 spiro atoms. The summed E-state index contributed by atoms with van der Waals surface area (Å²) in [6.45, 7) is 3.35. The van der Waals surface area contributed by atoms with Gasteiger partial charge >= 0.3 is 5.97 Å². The van der Waals surface area contributed by atoms with Gasteiger partial charge in [0.25, 0.3) is 0 Å². The molecule has 0 aromatic heterocycles. The van der Waals surface area contributed by atoms with E-state index in [4.69, 9.17) is 9.84 Å². The molecule has 0 radical (unpaired) electrons.